The molecule has 0 radical (unpaired) electrons. The second kappa shape index (κ2) is 6.20. The Hall–Kier alpha value is -0.820. The standard InChI is InChI=1S/C16H26O/c1-11(2)14-8-9-16(12(3)4)15(10-14)7-6-13(5)17/h8-13,17H,6-7H2,1-5H3. The van der Waals surface area contributed by atoms with Crippen molar-refractivity contribution in [2.75, 3.05) is 0 Å². The Bertz CT molecular complexity index is 351. The lowest BCUT2D eigenvalue weighted by Crippen LogP contribution is -2.05. The summed E-state index contributed by atoms with van der Waals surface area (Å²) in [5.74, 6) is 1.13. The van der Waals surface area contributed by atoms with E-state index in [2.05, 4.69) is 45.9 Å². The van der Waals surface area contributed by atoms with Crippen molar-refractivity contribution in [1.29, 1.82) is 0 Å². The van der Waals surface area contributed by atoms with Crippen LogP contribution in [-0.4, -0.2) is 11.2 Å². The lowest BCUT2D eigenvalue weighted by atomic mass is 9.89. The third-order valence-corrected chi connectivity index (χ3v) is 3.29. The van der Waals surface area contributed by atoms with Crippen molar-refractivity contribution in [1.82, 2.24) is 0 Å². The van der Waals surface area contributed by atoms with Crippen molar-refractivity contribution < 1.29 is 5.11 Å². The van der Waals surface area contributed by atoms with E-state index in [0.717, 1.165) is 12.8 Å². The zero-order chi connectivity index (χ0) is 13.0. The molecular formula is C16H26O. The summed E-state index contributed by atoms with van der Waals surface area (Å²) >= 11 is 0. The molecule has 0 saturated carbocycles. The van der Waals surface area contributed by atoms with Crippen LogP contribution >= 0.6 is 0 Å². The molecule has 0 bridgehead atoms. The topological polar surface area (TPSA) is 20.2 Å². The molecule has 17 heavy (non-hydrogen) atoms. The highest BCUT2D eigenvalue weighted by molar-refractivity contribution is 5.35. The van der Waals surface area contributed by atoms with Gasteiger partial charge in [0.2, 0.25) is 0 Å². The number of hydrogen-bond donors (Lipinski definition) is 1. The first-order valence-corrected chi connectivity index (χ1v) is 6.72. The first-order chi connectivity index (χ1) is 7.91. The second-order valence-corrected chi connectivity index (χ2v) is 5.66. The molecule has 0 aromatic heterocycles. The summed E-state index contributed by atoms with van der Waals surface area (Å²) in [5.41, 5.74) is 4.23. The van der Waals surface area contributed by atoms with Crippen molar-refractivity contribution in [3.05, 3.63) is 34.9 Å². The van der Waals surface area contributed by atoms with Crippen LogP contribution in [0.25, 0.3) is 0 Å². The Morgan fingerprint density at radius 3 is 2.12 bits per heavy atom. The molecule has 1 rings (SSSR count). The van der Waals surface area contributed by atoms with E-state index in [1.165, 1.54) is 16.7 Å². The van der Waals surface area contributed by atoms with Crippen molar-refractivity contribution in [3.8, 4) is 0 Å². The molecule has 0 fully saturated rings. The maximum atomic E-state index is 9.42. The zero-order valence-electron chi connectivity index (χ0n) is 11.8. The van der Waals surface area contributed by atoms with Gasteiger partial charge in [-0.2, -0.15) is 0 Å². The van der Waals surface area contributed by atoms with Crippen LogP contribution in [0, 0.1) is 0 Å². The number of aryl methyl sites for hydroxylation is 1. The van der Waals surface area contributed by atoms with E-state index in [0.29, 0.717) is 11.8 Å². The van der Waals surface area contributed by atoms with Crippen LogP contribution in [0.1, 0.15) is 69.6 Å². The second-order valence-electron chi connectivity index (χ2n) is 5.66. The van der Waals surface area contributed by atoms with Gasteiger partial charge in [-0.05, 0) is 48.3 Å². The highest BCUT2D eigenvalue weighted by Crippen LogP contribution is 2.25. The molecule has 1 atom stereocenters. The van der Waals surface area contributed by atoms with E-state index in [-0.39, 0.29) is 6.10 Å². The number of benzene rings is 1. The SMILES string of the molecule is CC(O)CCc1cc(C(C)C)ccc1C(C)C. The molecule has 1 nitrogen and oxygen atoms in total. The molecule has 0 aliphatic heterocycles. The van der Waals surface area contributed by atoms with Crippen LogP contribution in [0.5, 0.6) is 0 Å². The van der Waals surface area contributed by atoms with Gasteiger partial charge in [-0.1, -0.05) is 45.9 Å². The van der Waals surface area contributed by atoms with Crippen LogP contribution in [0.2, 0.25) is 0 Å². The van der Waals surface area contributed by atoms with Crippen LogP contribution in [0.15, 0.2) is 18.2 Å². The molecule has 0 amide bonds. The van der Waals surface area contributed by atoms with Crippen LogP contribution < -0.4 is 0 Å². The average molecular weight is 234 g/mol. The lowest BCUT2D eigenvalue weighted by Gasteiger charge is -2.16. The third-order valence-electron chi connectivity index (χ3n) is 3.29. The third kappa shape index (κ3) is 4.16. The number of rotatable bonds is 5. The average Bonchev–Trinajstić information content (AvgIpc) is 2.25. The smallest absolute Gasteiger partial charge is 0.0515 e. The summed E-state index contributed by atoms with van der Waals surface area (Å²) in [5, 5.41) is 9.42. The fraction of sp³-hybridized carbons (Fsp3) is 0.625. The maximum Gasteiger partial charge on any atom is 0.0515 e. The number of aliphatic hydroxyl groups is 1. The molecule has 96 valence electrons. The molecule has 1 aromatic rings. The van der Waals surface area contributed by atoms with E-state index < -0.39 is 0 Å². The minimum absolute atomic E-state index is 0.210. The molecular weight excluding hydrogens is 208 g/mol. The van der Waals surface area contributed by atoms with Gasteiger partial charge >= 0.3 is 0 Å². The molecule has 0 heterocycles. The van der Waals surface area contributed by atoms with Crippen LogP contribution in [-0.2, 0) is 6.42 Å². The first kappa shape index (κ1) is 14.2. The Kier molecular flexibility index (Phi) is 5.20. The van der Waals surface area contributed by atoms with E-state index >= 15 is 0 Å². The summed E-state index contributed by atoms with van der Waals surface area (Å²) in [6.07, 6.45) is 1.62. The van der Waals surface area contributed by atoms with Gasteiger partial charge in [0.25, 0.3) is 0 Å². The van der Waals surface area contributed by atoms with Crippen molar-refractivity contribution in [2.24, 2.45) is 0 Å². The molecule has 0 saturated heterocycles. The van der Waals surface area contributed by atoms with Gasteiger partial charge in [-0.15, -0.1) is 0 Å². The molecule has 1 heteroatoms. The summed E-state index contributed by atoms with van der Waals surface area (Å²) in [6.45, 7) is 10.8. The fourth-order valence-electron chi connectivity index (χ4n) is 2.13. The fourth-order valence-corrected chi connectivity index (χ4v) is 2.13. The summed E-state index contributed by atoms with van der Waals surface area (Å²) in [6, 6.07) is 6.83. The van der Waals surface area contributed by atoms with Gasteiger partial charge in [0.1, 0.15) is 0 Å². The van der Waals surface area contributed by atoms with Gasteiger partial charge in [0.05, 0.1) is 6.10 Å². The Labute approximate surface area is 106 Å². The summed E-state index contributed by atoms with van der Waals surface area (Å²) < 4.78 is 0. The zero-order valence-corrected chi connectivity index (χ0v) is 11.8. The summed E-state index contributed by atoms with van der Waals surface area (Å²) in [4.78, 5) is 0. The molecule has 1 N–H and O–H groups in total. The van der Waals surface area contributed by atoms with Crippen molar-refractivity contribution in [2.45, 2.75) is 65.4 Å². The van der Waals surface area contributed by atoms with Crippen molar-refractivity contribution in [3.63, 3.8) is 0 Å². The Morgan fingerprint density at radius 2 is 1.65 bits per heavy atom. The monoisotopic (exact) mass is 234 g/mol. The largest absolute Gasteiger partial charge is 0.393 e. The normalized spacial score (nSPS) is 13.4. The van der Waals surface area contributed by atoms with Gasteiger partial charge < -0.3 is 5.11 Å². The quantitative estimate of drug-likeness (QED) is 0.807. The van der Waals surface area contributed by atoms with Gasteiger partial charge in [-0.25, -0.2) is 0 Å². The van der Waals surface area contributed by atoms with Crippen LogP contribution in [0.3, 0.4) is 0 Å². The highest BCUT2D eigenvalue weighted by atomic mass is 16.3. The number of aliphatic hydroxyl groups excluding tert-OH is 1. The van der Waals surface area contributed by atoms with E-state index in [4.69, 9.17) is 0 Å². The minimum Gasteiger partial charge on any atom is -0.393 e. The lowest BCUT2D eigenvalue weighted by molar-refractivity contribution is 0.185. The molecule has 0 aliphatic carbocycles. The predicted octanol–water partition coefficient (Wildman–Crippen LogP) is 4.25. The van der Waals surface area contributed by atoms with Gasteiger partial charge in [0, 0.05) is 0 Å². The van der Waals surface area contributed by atoms with E-state index in [1.807, 2.05) is 6.92 Å². The number of hydrogen-bond acceptors (Lipinski definition) is 1. The molecule has 0 spiro atoms. The van der Waals surface area contributed by atoms with Crippen molar-refractivity contribution >= 4 is 0 Å². The first-order valence-electron chi connectivity index (χ1n) is 6.72. The maximum absolute atomic E-state index is 9.42. The Morgan fingerprint density at radius 1 is 1.00 bits per heavy atom. The summed E-state index contributed by atoms with van der Waals surface area (Å²) in [7, 11) is 0. The Balaban J connectivity index is 2.98. The van der Waals surface area contributed by atoms with Crippen LogP contribution in [0.4, 0.5) is 0 Å². The highest BCUT2D eigenvalue weighted by Gasteiger charge is 2.10. The van der Waals surface area contributed by atoms with Gasteiger partial charge in [0.15, 0.2) is 0 Å². The van der Waals surface area contributed by atoms with E-state index in [9.17, 15) is 5.11 Å². The predicted molar refractivity (Wildman–Crippen MR) is 74.6 cm³/mol. The molecule has 1 unspecified atom stereocenters. The van der Waals surface area contributed by atoms with E-state index in [1.54, 1.807) is 0 Å². The molecule has 0 aliphatic rings. The minimum atomic E-state index is -0.210. The molecule has 1 aromatic carbocycles. The van der Waals surface area contributed by atoms with Gasteiger partial charge in [-0.3, -0.25) is 0 Å².